The maximum Gasteiger partial charge on any atom is 0.126 e. The van der Waals surface area contributed by atoms with Crippen molar-refractivity contribution in [3.05, 3.63) is 119 Å². The van der Waals surface area contributed by atoms with Crippen LogP contribution in [0.2, 0.25) is 0 Å². The second-order valence-electron chi connectivity index (χ2n) is 14.5. The van der Waals surface area contributed by atoms with Crippen molar-refractivity contribution in [1.29, 1.82) is 0 Å². The predicted octanol–water partition coefficient (Wildman–Crippen LogP) is 8.53. The molecule has 4 aromatic carbocycles. The van der Waals surface area contributed by atoms with Gasteiger partial charge in [0.05, 0.1) is 17.9 Å². The molecular formula is C39H50NO2PS. The van der Waals surface area contributed by atoms with E-state index in [0.717, 1.165) is 22.4 Å². The molecule has 0 N–H and O–H groups in total. The van der Waals surface area contributed by atoms with Gasteiger partial charge in [-0.2, -0.15) is 0 Å². The van der Waals surface area contributed by atoms with E-state index in [1.54, 1.807) is 7.11 Å². The Labute approximate surface area is 270 Å². The highest BCUT2D eigenvalue weighted by molar-refractivity contribution is 7.84. The van der Waals surface area contributed by atoms with Crippen molar-refractivity contribution in [1.82, 2.24) is 4.31 Å². The van der Waals surface area contributed by atoms with Crippen molar-refractivity contribution in [3.63, 3.8) is 0 Å². The SMILES string of the molecule is COc1c(C(C)(C)C)cc(C(c2ccccc2P(c2ccccc2)c2ccccc2)N(C)S(=O)C(C)(C)C)cc1C(C)(C)C. The van der Waals surface area contributed by atoms with Crippen molar-refractivity contribution in [2.75, 3.05) is 14.2 Å². The average Bonchev–Trinajstić information content (AvgIpc) is 2.97. The monoisotopic (exact) mass is 627 g/mol. The first-order valence-electron chi connectivity index (χ1n) is 15.4. The van der Waals surface area contributed by atoms with Gasteiger partial charge in [0.15, 0.2) is 0 Å². The Morgan fingerprint density at radius 2 is 1.11 bits per heavy atom. The lowest BCUT2D eigenvalue weighted by atomic mass is 9.77. The minimum atomic E-state index is -1.28. The van der Waals surface area contributed by atoms with Crippen molar-refractivity contribution in [3.8, 4) is 5.75 Å². The molecule has 0 heterocycles. The summed E-state index contributed by atoms with van der Waals surface area (Å²) in [7, 11) is 1.64. The van der Waals surface area contributed by atoms with Crippen LogP contribution in [0.15, 0.2) is 97.1 Å². The molecule has 0 aliphatic rings. The molecule has 0 aliphatic carbocycles. The van der Waals surface area contributed by atoms with Gasteiger partial charge in [-0.1, -0.05) is 126 Å². The highest BCUT2D eigenvalue weighted by Gasteiger charge is 2.36. The molecule has 2 atom stereocenters. The lowest BCUT2D eigenvalue weighted by molar-refractivity contribution is 0.379. The molecule has 0 spiro atoms. The zero-order chi connectivity index (χ0) is 32.4. The summed E-state index contributed by atoms with van der Waals surface area (Å²) in [6, 6.07) is 34.8. The molecule has 234 valence electrons. The number of nitrogens with zero attached hydrogens (tertiary/aromatic N) is 1. The topological polar surface area (TPSA) is 29.5 Å². The number of methoxy groups -OCH3 is 1. The fourth-order valence-electron chi connectivity index (χ4n) is 5.76. The molecule has 0 aromatic heterocycles. The summed E-state index contributed by atoms with van der Waals surface area (Å²) >= 11 is 0. The van der Waals surface area contributed by atoms with E-state index in [1.165, 1.54) is 21.5 Å². The van der Waals surface area contributed by atoms with Gasteiger partial charge in [0.1, 0.15) is 16.7 Å². The van der Waals surface area contributed by atoms with Crippen LogP contribution in [-0.2, 0) is 21.8 Å². The molecule has 5 heteroatoms. The number of ether oxygens (including phenoxy) is 1. The van der Waals surface area contributed by atoms with E-state index in [4.69, 9.17) is 4.74 Å². The molecule has 4 rings (SSSR count). The number of hydrogen-bond donors (Lipinski definition) is 0. The molecule has 0 radical (unpaired) electrons. The smallest absolute Gasteiger partial charge is 0.126 e. The van der Waals surface area contributed by atoms with E-state index >= 15 is 0 Å². The van der Waals surface area contributed by atoms with Crippen LogP contribution in [0.25, 0.3) is 0 Å². The lowest BCUT2D eigenvalue weighted by Gasteiger charge is -2.37. The third kappa shape index (κ3) is 7.36. The number of benzene rings is 4. The van der Waals surface area contributed by atoms with Crippen molar-refractivity contribution >= 4 is 34.8 Å². The van der Waals surface area contributed by atoms with Gasteiger partial charge >= 0.3 is 0 Å². The van der Waals surface area contributed by atoms with Gasteiger partial charge in [-0.25, -0.2) is 8.51 Å². The van der Waals surface area contributed by atoms with Crippen LogP contribution in [0.1, 0.15) is 90.6 Å². The third-order valence-corrected chi connectivity index (χ3v) is 12.2. The Morgan fingerprint density at radius 3 is 1.52 bits per heavy atom. The zero-order valence-corrected chi connectivity index (χ0v) is 30.1. The summed E-state index contributed by atoms with van der Waals surface area (Å²) < 4.78 is 22.1. The minimum Gasteiger partial charge on any atom is -0.496 e. The largest absolute Gasteiger partial charge is 0.496 e. The Bertz CT molecular complexity index is 1510. The van der Waals surface area contributed by atoms with Crippen LogP contribution in [0, 0.1) is 0 Å². The van der Waals surface area contributed by atoms with Crippen LogP contribution in [0.5, 0.6) is 5.75 Å². The van der Waals surface area contributed by atoms with Crippen molar-refractivity contribution < 1.29 is 8.95 Å². The summed E-state index contributed by atoms with van der Waals surface area (Å²) in [5, 5.41) is 3.85. The normalized spacial score (nSPS) is 14.1. The molecule has 0 bridgehead atoms. The molecule has 0 amide bonds. The van der Waals surface area contributed by atoms with Crippen molar-refractivity contribution in [2.45, 2.75) is 83.9 Å². The first-order chi connectivity index (χ1) is 20.6. The minimum absolute atomic E-state index is 0.159. The van der Waals surface area contributed by atoms with Gasteiger partial charge in [-0.15, -0.1) is 0 Å². The molecule has 0 saturated heterocycles. The summed E-state index contributed by atoms with van der Waals surface area (Å²) in [4.78, 5) is 0. The van der Waals surface area contributed by atoms with E-state index in [-0.39, 0.29) is 16.9 Å². The van der Waals surface area contributed by atoms with E-state index in [0.29, 0.717) is 0 Å². The van der Waals surface area contributed by atoms with Crippen LogP contribution < -0.4 is 20.7 Å². The van der Waals surface area contributed by atoms with E-state index in [1.807, 2.05) is 7.05 Å². The van der Waals surface area contributed by atoms with Gasteiger partial charge in [0, 0.05) is 18.2 Å². The summed E-state index contributed by atoms with van der Waals surface area (Å²) in [6.45, 7) is 19.6. The summed E-state index contributed by atoms with van der Waals surface area (Å²) in [5.41, 5.74) is 4.31. The van der Waals surface area contributed by atoms with Gasteiger partial charge in [0.2, 0.25) is 0 Å². The fourth-order valence-corrected chi connectivity index (χ4v) is 9.54. The third-order valence-electron chi connectivity index (χ3n) is 7.90. The average molecular weight is 628 g/mol. The second-order valence-corrected chi connectivity index (χ2v) is 19.0. The molecule has 0 aliphatic heterocycles. The zero-order valence-electron chi connectivity index (χ0n) is 28.4. The second kappa shape index (κ2) is 13.3. The van der Waals surface area contributed by atoms with Gasteiger partial charge < -0.3 is 4.74 Å². The standard InChI is InChI=1S/C39H50NO2PS/c1-37(2,3)32-26-28(27-33(36(32)42-11)38(4,5)6)35(40(10)44(41)39(7,8)9)31-24-18-19-25-34(31)43(29-20-14-12-15-21-29)30-22-16-13-17-23-30/h12-27,35H,1-11H3. The van der Waals surface area contributed by atoms with E-state index < -0.39 is 23.7 Å². The van der Waals surface area contributed by atoms with Crippen LogP contribution in [0.3, 0.4) is 0 Å². The van der Waals surface area contributed by atoms with Crippen LogP contribution in [-0.4, -0.2) is 27.4 Å². The quantitative estimate of drug-likeness (QED) is 0.183. The first kappa shape index (κ1) is 34.1. The highest BCUT2D eigenvalue weighted by atomic mass is 32.2. The Balaban J connectivity index is 2.11. The number of hydrogen-bond acceptors (Lipinski definition) is 2. The van der Waals surface area contributed by atoms with Crippen LogP contribution in [0.4, 0.5) is 0 Å². The highest BCUT2D eigenvalue weighted by Crippen LogP contribution is 2.45. The van der Waals surface area contributed by atoms with Crippen molar-refractivity contribution in [2.24, 2.45) is 0 Å². The van der Waals surface area contributed by atoms with E-state index in [9.17, 15) is 4.21 Å². The Kier molecular flexibility index (Phi) is 10.3. The molecule has 3 nitrogen and oxygen atoms in total. The molecule has 0 saturated carbocycles. The summed E-state index contributed by atoms with van der Waals surface area (Å²) in [6.07, 6.45) is 0. The van der Waals surface area contributed by atoms with Gasteiger partial charge in [-0.05, 0) is 78.7 Å². The molecule has 2 unspecified atom stereocenters. The maximum absolute atomic E-state index is 14.3. The lowest BCUT2D eigenvalue weighted by Crippen LogP contribution is -2.40. The first-order valence-corrected chi connectivity index (χ1v) is 17.9. The fraction of sp³-hybridized carbons (Fsp3) is 0.385. The number of rotatable bonds is 8. The predicted molar refractivity (Wildman–Crippen MR) is 193 cm³/mol. The summed E-state index contributed by atoms with van der Waals surface area (Å²) in [5.74, 6) is 0.941. The molecule has 0 fully saturated rings. The van der Waals surface area contributed by atoms with Gasteiger partial charge in [-0.3, -0.25) is 0 Å². The Hall–Kier alpha value is -2.78. The van der Waals surface area contributed by atoms with Crippen LogP contribution >= 0.6 is 7.92 Å². The molecular weight excluding hydrogens is 577 g/mol. The Morgan fingerprint density at radius 1 is 0.682 bits per heavy atom. The van der Waals surface area contributed by atoms with E-state index in [2.05, 4.69) is 164 Å². The molecule has 4 aromatic rings. The molecule has 44 heavy (non-hydrogen) atoms. The maximum atomic E-state index is 14.3. The van der Waals surface area contributed by atoms with Gasteiger partial charge in [0.25, 0.3) is 0 Å².